The van der Waals surface area contributed by atoms with Gasteiger partial charge in [-0.3, -0.25) is 4.79 Å². The van der Waals surface area contributed by atoms with E-state index in [0.29, 0.717) is 13.0 Å². The van der Waals surface area contributed by atoms with Gasteiger partial charge in [-0.1, -0.05) is 0 Å². The standard InChI is InChI=1S/C9H18N2O2/c1-2-13-9(12)6-3-4-7(10)8(11)5-6/h6-8H,2-5,10-11H2,1H3/t6-,7+,8+/m0/s1. The molecule has 0 unspecified atom stereocenters. The van der Waals surface area contributed by atoms with Crippen molar-refractivity contribution in [2.45, 2.75) is 38.3 Å². The average molecular weight is 186 g/mol. The van der Waals surface area contributed by atoms with E-state index in [1.807, 2.05) is 6.92 Å². The van der Waals surface area contributed by atoms with Gasteiger partial charge in [-0.2, -0.15) is 0 Å². The summed E-state index contributed by atoms with van der Waals surface area (Å²) in [6, 6.07) is -0.00571. The van der Waals surface area contributed by atoms with E-state index in [0.717, 1.165) is 12.8 Å². The van der Waals surface area contributed by atoms with Crippen molar-refractivity contribution < 1.29 is 9.53 Å². The quantitative estimate of drug-likeness (QED) is 0.595. The summed E-state index contributed by atoms with van der Waals surface area (Å²) in [5.41, 5.74) is 11.5. The van der Waals surface area contributed by atoms with Crippen molar-refractivity contribution in [1.82, 2.24) is 0 Å². The summed E-state index contributed by atoms with van der Waals surface area (Å²) in [7, 11) is 0. The van der Waals surface area contributed by atoms with Crippen molar-refractivity contribution in [3.05, 3.63) is 0 Å². The lowest BCUT2D eigenvalue weighted by Crippen LogP contribution is -2.47. The summed E-state index contributed by atoms with van der Waals surface area (Å²) >= 11 is 0. The number of esters is 1. The smallest absolute Gasteiger partial charge is 0.308 e. The Morgan fingerprint density at radius 3 is 2.62 bits per heavy atom. The molecule has 0 bridgehead atoms. The number of hydrogen-bond acceptors (Lipinski definition) is 4. The second-order valence-electron chi connectivity index (χ2n) is 3.59. The lowest BCUT2D eigenvalue weighted by atomic mass is 9.83. The molecule has 4 nitrogen and oxygen atoms in total. The molecule has 4 N–H and O–H groups in total. The zero-order valence-corrected chi connectivity index (χ0v) is 8.03. The maximum absolute atomic E-state index is 11.3. The number of carbonyl (C=O) groups excluding carboxylic acids is 1. The van der Waals surface area contributed by atoms with E-state index in [9.17, 15) is 4.79 Å². The minimum atomic E-state index is -0.121. The van der Waals surface area contributed by atoms with Crippen LogP contribution in [0.5, 0.6) is 0 Å². The highest BCUT2D eigenvalue weighted by Gasteiger charge is 2.30. The Hall–Kier alpha value is -0.610. The van der Waals surface area contributed by atoms with E-state index in [1.54, 1.807) is 0 Å². The Labute approximate surface area is 78.6 Å². The van der Waals surface area contributed by atoms with E-state index in [2.05, 4.69) is 0 Å². The lowest BCUT2D eigenvalue weighted by molar-refractivity contribution is -0.149. The molecule has 13 heavy (non-hydrogen) atoms. The summed E-state index contributed by atoms with van der Waals surface area (Å²) in [5.74, 6) is -0.153. The molecular formula is C9H18N2O2. The van der Waals surface area contributed by atoms with Crippen LogP contribution in [-0.2, 0) is 9.53 Å². The average Bonchev–Trinajstić information content (AvgIpc) is 2.10. The van der Waals surface area contributed by atoms with Gasteiger partial charge in [0.25, 0.3) is 0 Å². The molecule has 0 amide bonds. The van der Waals surface area contributed by atoms with E-state index in [-0.39, 0.29) is 24.0 Å². The van der Waals surface area contributed by atoms with Gasteiger partial charge in [0.05, 0.1) is 12.5 Å². The first-order chi connectivity index (χ1) is 6.15. The Kier molecular flexibility index (Phi) is 3.69. The summed E-state index contributed by atoms with van der Waals surface area (Å²) in [6.45, 7) is 2.25. The highest BCUT2D eigenvalue weighted by Crippen LogP contribution is 2.23. The van der Waals surface area contributed by atoms with Gasteiger partial charge in [-0.25, -0.2) is 0 Å². The molecule has 0 aromatic heterocycles. The molecule has 4 heteroatoms. The van der Waals surface area contributed by atoms with Gasteiger partial charge in [0.15, 0.2) is 0 Å². The van der Waals surface area contributed by atoms with Crippen LogP contribution in [0.3, 0.4) is 0 Å². The van der Waals surface area contributed by atoms with E-state index < -0.39 is 0 Å². The summed E-state index contributed by atoms with van der Waals surface area (Å²) in [5, 5.41) is 0. The van der Waals surface area contributed by atoms with Gasteiger partial charge in [-0.05, 0) is 26.2 Å². The number of nitrogens with two attached hydrogens (primary N) is 2. The fourth-order valence-electron chi connectivity index (χ4n) is 1.70. The Morgan fingerprint density at radius 2 is 2.08 bits per heavy atom. The Morgan fingerprint density at radius 1 is 1.38 bits per heavy atom. The van der Waals surface area contributed by atoms with Gasteiger partial charge in [-0.15, -0.1) is 0 Å². The summed E-state index contributed by atoms with van der Waals surface area (Å²) in [6.07, 6.45) is 2.30. The molecule has 3 atom stereocenters. The van der Waals surface area contributed by atoms with Crippen molar-refractivity contribution in [2.24, 2.45) is 17.4 Å². The normalized spacial score (nSPS) is 34.2. The molecule has 0 heterocycles. The van der Waals surface area contributed by atoms with Crippen molar-refractivity contribution in [3.8, 4) is 0 Å². The maximum Gasteiger partial charge on any atom is 0.308 e. The first kappa shape index (κ1) is 10.5. The van der Waals surface area contributed by atoms with Crippen LogP contribution >= 0.6 is 0 Å². The first-order valence-corrected chi connectivity index (χ1v) is 4.83. The zero-order valence-electron chi connectivity index (χ0n) is 8.03. The second-order valence-corrected chi connectivity index (χ2v) is 3.59. The van der Waals surface area contributed by atoms with Gasteiger partial charge in [0.2, 0.25) is 0 Å². The van der Waals surface area contributed by atoms with Crippen LogP contribution in [-0.4, -0.2) is 24.7 Å². The van der Waals surface area contributed by atoms with E-state index >= 15 is 0 Å². The predicted molar refractivity (Wildman–Crippen MR) is 49.9 cm³/mol. The van der Waals surface area contributed by atoms with Gasteiger partial charge < -0.3 is 16.2 Å². The molecular weight excluding hydrogens is 168 g/mol. The minimum Gasteiger partial charge on any atom is -0.466 e. The van der Waals surface area contributed by atoms with Crippen LogP contribution in [0.2, 0.25) is 0 Å². The molecule has 1 rings (SSSR count). The third-order valence-electron chi connectivity index (χ3n) is 2.58. The number of rotatable bonds is 2. The molecule has 1 aliphatic carbocycles. The first-order valence-electron chi connectivity index (χ1n) is 4.83. The van der Waals surface area contributed by atoms with Crippen LogP contribution in [0.1, 0.15) is 26.2 Å². The molecule has 0 radical (unpaired) electrons. The second kappa shape index (κ2) is 4.58. The number of ether oxygens (including phenoxy) is 1. The molecule has 0 aromatic rings. The molecule has 0 saturated heterocycles. The van der Waals surface area contributed by atoms with Crippen molar-refractivity contribution >= 4 is 5.97 Å². The highest BCUT2D eigenvalue weighted by atomic mass is 16.5. The fraction of sp³-hybridized carbons (Fsp3) is 0.889. The monoisotopic (exact) mass is 186 g/mol. The minimum absolute atomic E-state index is 0.0326. The van der Waals surface area contributed by atoms with Gasteiger partial charge >= 0.3 is 5.97 Å². The van der Waals surface area contributed by atoms with Crippen molar-refractivity contribution in [3.63, 3.8) is 0 Å². The van der Waals surface area contributed by atoms with Crippen molar-refractivity contribution in [1.29, 1.82) is 0 Å². The molecule has 0 spiro atoms. The Balaban J connectivity index is 2.40. The van der Waals surface area contributed by atoms with Crippen LogP contribution in [0, 0.1) is 5.92 Å². The summed E-state index contributed by atoms with van der Waals surface area (Å²) in [4.78, 5) is 11.3. The van der Waals surface area contributed by atoms with Crippen LogP contribution in [0.4, 0.5) is 0 Å². The fourth-order valence-corrected chi connectivity index (χ4v) is 1.70. The van der Waals surface area contributed by atoms with Crippen LogP contribution < -0.4 is 11.5 Å². The van der Waals surface area contributed by atoms with E-state index in [4.69, 9.17) is 16.2 Å². The maximum atomic E-state index is 11.3. The highest BCUT2D eigenvalue weighted by molar-refractivity contribution is 5.72. The topological polar surface area (TPSA) is 78.3 Å². The Bertz CT molecular complexity index is 184. The third kappa shape index (κ3) is 2.67. The zero-order chi connectivity index (χ0) is 9.84. The van der Waals surface area contributed by atoms with Gasteiger partial charge in [0.1, 0.15) is 0 Å². The third-order valence-corrected chi connectivity index (χ3v) is 2.58. The molecule has 0 aromatic carbocycles. The lowest BCUT2D eigenvalue weighted by Gasteiger charge is -2.30. The molecule has 1 fully saturated rings. The number of hydrogen-bond donors (Lipinski definition) is 2. The van der Waals surface area contributed by atoms with Crippen LogP contribution in [0.25, 0.3) is 0 Å². The number of carbonyl (C=O) groups is 1. The molecule has 1 aliphatic rings. The van der Waals surface area contributed by atoms with Gasteiger partial charge in [0, 0.05) is 12.1 Å². The summed E-state index contributed by atoms with van der Waals surface area (Å²) < 4.78 is 4.93. The predicted octanol–water partition coefficient (Wildman–Crippen LogP) is 0.00420. The molecule has 1 saturated carbocycles. The molecule has 76 valence electrons. The largest absolute Gasteiger partial charge is 0.466 e. The van der Waals surface area contributed by atoms with Crippen LogP contribution in [0.15, 0.2) is 0 Å². The SMILES string of the molecule is CCOC(=O)[C@H]1CC[C@@H](N)[C@H](N)C1. The van der Waals surface area contributed by atoms with Crippen molar-refractivity contribution in [2.75, 3.05) is 6.61 Å². The molecule has 0 aliphatic heterocycles. The van der Waals surface area contributed by atoms with E-state index in [1.165, 1.54) is 0 Å².